The van der Waals surface area contributed by atoms with E-state index in [9.17, 15) is 9.90 Å². The molecule has 1 aliphatic heterocycles. The normalized spacial score (nSPS) is 16.1. The van der Waals surface area contributed by atoms with Crippen LogP contribution in [0.1, 0.15) is 48.3 Å². The summed E-state index contributed by atoms with van der Waals surface area (Å²) in [5.41, 5.74) is 2.74. The maximum Gasteiger partial charge on any atom is 0.260 e. The Morgan fingerprint density at radius 2 is 1.88 bits per heavy atom. The predicted octanol–water partition coefficient (Wildman–Crippen LogP) is 4.14. The zero-order chi connectivity index (χ0) is 22.7. The first-order valence-corrected chi connectivity index (χ1v) is 11.2. The number of hydrogen-bond donors (Lipinski definition) is 1. The average Bonchev–Trinajstić information content (AvgIpc) is 2.81. The van der Waals surface area contributed by atoms with E-state index in [1.807, 2.05) is 49.4 Å². The third kappa shape index (κ3) is 4.55. The number of methoxy groups -OCH3 is 1. The van der Waals surface area contributed by atoms with E-state index < -0.39 is 0 Å². The van der Waals surface area contributed by atoms with E-state index >= 15 is 0 Å². The molecule has 0 bridgehead atoms. The van der Waals surface area contributed by atoms with Crippen molar-refractivity contribution in [2.75, 3.05) is 20.2 Å². The summed E-state index contributed by atoms with van der Waals surface area (Å²) < 4.78 is 7.04. The molecule has 6 heteroatoms. The second-order valence-electron chi connectivity index (χ2n) is 8.69. The quantitative estimate of drug-likeness (QED) is 0.633. The molecule has 0 spiro atoms. The topological polar surface area (TPSA) is 67.6 Å². The fraction of sp³-hybridized carbons (Fsp3) is 0.385. The summed E-state index contributed by atoms with van der Waals surface area (Å²) in [5.74, 6) is 1.47. The number of ether oxygens (including phenoxy) is 1. The Hall–Kier alpha value is -3.12. The number of piperidine rings is 1. The highest BCUT2D eigenvalue weighted by atomic mass is 16.5. The van der Waals surface area contributed by atoms with E-state index in [0.717, 1.165) is 42.9 Å². The van der Waals surface area contributed by atoms with Crippen LogP contribution in [0.2, 0.25) is 0 Å². The summed E-state index contributed by atoms with van der Waals surface area (Å²) >= 11 is 0. The van der Waals surface area contributed by atoms with Crippen molar-refractivity contribution in [1.29, 1.82) is 0 Å². The van der Waals surface area contributed by atoms with Gasteiger partial charge in [-0.2, -0.15) is 0 Å². The third-order valence-electron chi connectivity index (χ3n) is 6.46. The van der Waals surface area contributed by atoms with Gasteiger partial charge in [-0.15, -0.1) is 0 Å². The van der Waals surface area contributed by atoms with Gasteiger partial charge in [-0.3, -0.25) is 14.7 Å². The van der Waals surface area contributed by atoms with Gasteiger partial charge in [0.1, 0.15) is 11.5 Å². The van der Waals surface area contributed by atoms with Gasteiger partial charge in [0, 0.05) is 11.9 Å². The zero-order valence-corrected chi connectivity index (χ0v) is 19.0. The van der Waals surface area contributed by atoms with E-state index in [0.29, 0.717) is 23.7 Å². The van der Waals surface area contributed by atoms with Crippen LogP contribution in [0.25, 0.3) is 0 Å². The Labute approximate surface area is 189 Å². The second kappa shape index (κ2) is 9.57. The molecule has 1 aromatic carbocycles. The first kappa shape index (κ1) is 22.1. The summed E-state index contributed by atoms with van der Waals surface area (Å²) in [5, 5.41) is 11.0. The van der Waals surface area contributed by atoms with Crippen molar-refractivity contribution in [1.82, 2.24) is 14.5 Å². The number of hydrogen-bond acceptors (Lipinski definition) is 5. The lowest BCUT2D eigenvalue weighted by atomic mass is 9.92. The lowest BCUT2D eigenvalue weighted by Crippen LogP contribution is -2.40. The number of likely N-dealkylation sites (tertiary alicyclic amines) is 1. The van der Waals surface area contributed by atoms with Gasteiger partial charge in [0.15, 0.2) is 0 Å². The Bertz CT molecular complexity index is 1100. The third-order valence-corrected chi connectivity index (χ3v) is 6.46. The van der Waals surface area contributed by atoms with Crippen LogP contribution in [0.3, 0.4) is 0 Å². The first-order chi connectivity index (χ1) is 15.5. The van der Waals surface area contributed by atoms with Gasteiger partial charge < -0.3 is 14.4 Å². The van der Waals surface area contributed by atoms with Crippen LogP contribution in [0.15, 0.2) is 59.5 Å². The molecule has 0 amide bonds. The molecular weight excluding hydrogens is 402 g/mol. The van der Waals surface area contributed by atoms with Gasteiger partial charge in [-0.25, -0.2) is 0 Å². The van der Waals surface area contributed by atoms with E-state index in [1.165, 1.54) is 0 Å². The van der Waals surface area contributed by atoms with Crippen LogP contribution in [-0.4, -0.2) is 39.8 Å². The van der Waals surface area contributed by atoms with Crippen LogP contribution >= 0.6 is 0 Å². The highest BCUT2D eigenvalue weighted by Crippen LogP contribution is 2.35. The van der Waals surface area contributed by atoms with E-state index in [4.69, 9.17) is 4.74 Å². The van der Waals surface area contributed by atoms with Crippen LogP contribution < -0.4 is 10.3 Å². The number of nitrogens with zero attached hydrogens (tertiary/aromatic N) is 3. The zero-order valence-electron chi connectivity index (χ0n) is 19.0. The number of aromatic hydroxyl groups is 1. The number of pyridine rings is 2. The average molecular weight is 434 g/mol. The minimum absolute atomic E-state index is 0.0456. The Balaban J connectivity index is 1.82. The molecule has 4 rings (SSSR count). The van der Waals surface area contributed by atoms with Gasteiger partial charge in [-0.1, -0.05) is 25.1 Å². The van der Waals surface area contributed by atoms with E-state index in [1.54, 1.807) is 23.9 Å². The van der Waals surface area contributed by atoms with Gasteiger partial charge in [0.25, 0.3) is 5.56 Å². The highest BCUT2D eigenvalue weighted by molar-refractivity contribution is 5.42. The number of aromatic nitrogens is 2. The maximum atomic E-state index is 13.8. The molecule has 1 N–H and O–H groups in total. The van der Waals surface area contributed by atoms with Crippen molar-refractivity contribution < 1.29 is 9.84 Å². The van der Waals surface area contributed by atoms with Crippen LogP contribution in [0.5, 0.6) is 11.5 Å². The molecule has 1 aliphatic rings. The van der Waals surface area contributed by atoms with Crippen molar-refractivity contribution >= 4 is 0 Å². The summed E-state index contributed by atoms with van der Waals surface area (Å²) in [4.78, 5) is 20.5. The molecule has 1 saturated heterocycles. The Kier molecular flexibility index (Phi) is 6.61. The number of rotatable bonds is 6. The molecule has 0 aliphatic carbocycles. The molecule has 1 fully saturated rings. The summed E-state index contributed by atoms with van der Waals surface area (Å²) in [6.07, 6.45) is 3.87. The molecule has 32 heavy (non-hydrogen) atoms. The smallest absolute Gasteiger partial charge is 0.260 e. The van der Waals surface area contributed by atoms with E-state index in [-0.39, 0.29) is 17.4 Å². The van der Waals surface area contributed by atoms with Gasteiger partial charge >= 0.3 is 0 Å². The molecule has 3 aromatic rings. The molecule has 0 radical (unpaired) electrons. The standard InChI is InChI=1S/C26H31N3O3/c1-18-11-14-28(15-12-18)25(20-7-9-22(32-3)10-8-20)24-23(30)16-19(2)29(26(24)31)17-21-6-4-5-13-27-21/h4-10,13,16,18,25,30H,11-12,14-15,17H2,1-3H3/t25-/m1/s1. The molecule has 6 nitrogen and oxygen atoms in total. The van der Waals surface area contributed by atoms with E-state index in [2.05, 4.69) is 16.8 Å². The lowest BCUT2D eigenvalue weighted by molar-refractivity contribution is 0.154. The van der Waals surface area contributed by atoms with Crippen molar-refractivity contribution in [3.8, 4) is 11.5 Å². The van der Waals surface area contributed by atoms with Crippen molar-refractivity contribution in [3.63, 3.8) is 0 Å². The fourth-order valence-corrected chi connectivity index (χ4v) is 4.51. The first-order valence-electron chi connectivity index (χ1n) is 11.2. The minimum atomic E-state index is -0.323. The monoisotopic (exact) mass is 433 g/mol. The molecule has 3 heterocycles. The van der Waals surface area contributed by atoms with Crippen molar-refractivity contribution in [3.05, 3.63) is 87.6 Å². The molecule has 0 unspecified atom stereocenters. The molecule has 0 saturated carbocycles. The highest BCUT2D eigenvalue weighted by Gasteiger charge is 2.31. The molecule has 1 atom stereocenters. The minimum Gasteiger partial charge on any atom is -0.507 e. The Morgan fingerprint density at radius 1 is 1.16 bits per heavy atom. The summed E-state index contributed by atoms with van der Waals surface area (Å²) in [6.45, 7) is 6.24. The predicted molar refractivity (Wildman–Crippen MR) is 125 cm³/mol. The van der Waals surface area contributed by atoms with Crippen LogP contribution in [0.4, 0.5) is 0 Å². The SMILES string of the molecule is COc1ccc([C@H](c2c(O)cc(C)n(Cc3ccccn3)c2=O)N2CCC(C)CC2)cc1. The van der Waals surface area contributed by atoms with Gasteiger partial charge in [0.2, 0.25) is 0 Å². The lowest BCUT2D eigenvalue weighted by Gasteiger charge is -2.37. The second-order valence-corrected chi connectivity index (χ2v) is 8.69. The van der Waals surface area contributed by atoms with Crippen LogP contribution in [-0.2, 0) is 6.54 Å². The van der Waals surface area contributed by atoms with Crippen molar-refractivity contribution in [2.45, 2.75) is 39.3 Å². The van der Waals surface area contributed by atoms with Gasteiger partial charge in [0.05, 0.1) is 31.0 Å². The number of benzene rings is 1. The molecular formula is C26H31N3O3. The van der Waals surface area contributed by atoms with Crippen LogP contribution in [0, 0.1) is 12.8 Å². The van der Waals surface area contributed by atoms with Gasteiger partial charge in [-0.05, 0) is 74.7 Å². The maximum absolute atomic E-state index is 13.8. The number of aryl methyl sites for hydroxylation is 1. The molecule has 2 aromatic heterocycles. The Morgan fingerprint density at radius 3 is 2.50 bits per heavy atom. The summed E-state index contributed by atoms with van der Waals surface area (Å²) in [7, 11) is 1.64. The molecule has 168 valence electrons. The van der Waals surface area contributed by atoms with Crippen molar-refractivity contribution in [2.24, 2.45) is 5.92 Å². The summed E-state index contributed by atoms with van der Waals surface area (Å²) in [6, 6.07) is 14.9. The fourth-order valence-electron chi connectivity index (χ4n) is 4.51. The largest absolute Gasteiger partial charge is 0.507 e.